The first-order valence-electron chi connectivity index (χ1n) is 9.35. The summed E-state index contributed by atoms with van der Waals surface area (Å²) in [6, 6.07) is 27.4. The van der Waals surface area contributed by atoms with Crippen molar-refractivity contribution >= 4 is 11.6 Å². The third kappa shape index (κ3) is 4.64. The van der Waals surface area contributed by atoms with Gasteiger partial charge in [0.15, 0.2) is 6.04 Å². The lowest BCUT2D eigenvalue weighted by atomic mass is 9.97. The molecule has 0 aliphatic heterocycles. The summed E-state index contributed by atoms with van der Waals surface area (Å²) in [7, 11) is 0. The molecule has 0 heterocycles. The molecule has 140 valence electrons. The summed E-state index contributed by atoms with van der Waals surface area (Å²) in [5.41, 5.74) is 4.50. The Morgan fingerprint density at radius 1 is 0.929 bits per heavy atom. The molecule has 0 radical (unpaired) electrons. The Kier molecular flexibility index (Phi) is 6.21. The number of quaternary nitrogens is 1. The second kappa shape index (κ2) is 8.98. The van der Waals surface area contributed by atoms with E-state index in [4.69, 9.17) is 0 Å². The third-order valence-corrected chi connectivity index (χ3v) is 4.80. The molecule has 2 atom stereocenters. The first kappa shape index (κ1) is 19.3. The van der Waals surface area contributed by atoms with E-state index in [1.807, 2.05) is 31.2 Å². The van der Waals surface area contributed by atoms with Crippen molar-refractivity contribution < 1.29 is 10.1 Å². The number of amides is 1. The minimum Gasteiger partial charge on any atom is -0.326 e. The number of nitriles is 1. The van der Waals surface area contributed by atoms with Crippen molar-refractivity contribution in [2.75, 3.05) is 5.32 Å². The van der Waals surface area contributed by atoms with Gasteiger partial charge in [0.2, 0.25) is 0 Å². The van der Waals surface area contributed by atoms with Gasteiger partial charge in [0.1, 0.15) is 12.1 Å². The predicted octanol–water partition coefficient (Wildman–Crippen LogP) is 3.55. The zero-order valence-corrected chi connectivity index (χ0v) is 16.1. The van der Waals surface area contributed by atoms with Crippen LogP contribution in [0.3, 0.4) is 0 Å². The van der Waals surface area contributed by atoms with Crippen molar-refractivity contribution in [3.05, 3.63) is 101 Å². The maximum absolute atomic E-state index is 12.8. The van der Waals surface area contributed by atoms with Crippen LogP contribution < -0.4 is 10.6 Å². The molecule has 3 rings (SSSR count). The van der Waals surface area contributed by atoms with E-state index >= 15 is 0 Å². The van der Waals surface area contributed by atoms with Gasteiger partial charge in [-0.2, -0.15) is 5.26 Å². The van der Waals surface area contributed by atoms with E-state index in [0.29, 0.717) is 11.3 Å². The second-order valence-corrected chi connectivity index (χ2v) is 6.93. The number of aryl methyl sites for hydroxylation is 1. The Balaban J connectivity index is 1.81. The number of para-hydroxylation sites is 1. The van der Waals surface area contributed by atoms with Crippen LogP contribution in [0.1, 0.15) is 35.2 Å². The van der Waals surface area contributed by atoms with Crippen molar-refractivity contribution in [2.24, 2.45) is 0 Å². The van der Waals surface area contributed by atoms with Gasteiger partial charge in [0.05, 0.1) is 11.3 Å². The minimum atomic E-state index is -0.335. The molecule has 3 aromatic rings. The number of carbonyl (C=O) groups excluding carboxylic acids is 1. The normalized spacial score (nSPS) is 12.6. The molecule has 3 N–H and O–H groups in total. The molecule has 0 unspecified atom stereocenters. The Morgan fingerprint density at radius 2 is 1.54 bits per heavy atom. The molecule has 0 bridgehead atoms. The standard InChI is InChI=1S/C24H23N3O/c1-17-12-14-20(15-13-17)23(19-8-4-3-5-9-19)26-18(2)24(28)27-22-11-7-6-10-21(22)16-25/h3-15,18,23,26H,1-2H3,(H,27,28)/p+1/t18-,23-/m1/s1. The maximum atomic E-state index is 12.8. The number of hydrogen-bond donors (Lipinski definition) is 2. The number of benzene rings is 3. The van der Waals surface area contributed by atoms with E-state index in [9.17, 15) is 10.1 Å². The van der Waals surface area contributed by atoms with Gasteiger partial charge in [0.25, 0.3) is 5.91 Å². The SMILES string of the molecule is Cc1ccc([C@H]([NH2+][C@H](C)C(=O)Nc2ccccc2C#N)c2ccccc2)cc1. The average Bonchev–Trinajstić information content (AvgIpc) is 2.73. The zero-order chi connectivity index (χ0) is 19.9. The van der Waals surface area contributed by atoms with Gasteiger partial charge < -0.3 is 10.6 Å². The maximum Gasteiger partial charge on any atom is 0.282 e. The molecule has 0 saturated carbocycles. The van der Waals surface area contributed by atoms with Crippen LogP contribution in [0.5, 0.6) is 0 Å². The number of nitrogens with one attached hydrogen (secondary N) is 1. The van der Waals surface area contributed by atoms with E-state index in [2.05, 4.69) is 60.0 Å². The highest BCUT2D eigenvalue weighted by Crippen LogP contribution is 2.19. The molecular weight excluding hydrogens is 346 g/mol. The number of carbonyl (C=O) groups is 1. The Hall–Kier alpha value is -3.42. The van der Waals surface area contributed by atoms with Gasteiger partial charge in [-0.05, 0) is 26.0 Å². The summed E-state index contributed by atoms with van der Waals surface area (Å²) >= 11 is 0. The molecule has 3 aromatic carbocycles. The van der Waals surface area contributed by atoms with Crippen molar-refractivity contribution in [3.63, 3.8) is 0 Å². The zero-order valence-electron chi connectivity index (χ0n) is 16.1. The third-order valence-electron chi connectivity index (χ3n) is 4.80. The van der Waals surface area contributed by atoms with Crippen LogP contribution in [-0.4, -0.2) is 11.9 Å². The highest BCUT2D eigenvalue weighted by molar-refractivity contribution is 5.94. The molecule has 28 heavy (non-hydrogen) atoms. The lowest BCUT2D eigenvalue weighted by Crippen LogP contribution is -2.92. The second-order valence-electron chi connectivity index (χ2n) is 6.93. The quantitative estimate of drug-likeness (QED) is 0.697. The number of anilines is 1. The van der Waals surface area contributed by atoms with Gasteiger partial charge in [0, 0.05) is 11.1 Å². The number of rotatable bonds is 6. The van der Waals surface area contributed by atoms with E-state index in [1.165, 1.54) is 5.56 Å². The van der Waals surface area contributed by atoms with Crippen LogP contribution in [0.15, 0.2) is 78.9 Å². The topological polar surface area (TPSA) is 69.5 Å². The lowest BCUT2D eigenvalue weighted by molar-refractivity contribution is -0.704. The molecule has 1 amide bonds. The molecule has 0 fully saturated rings. The summed E-state index contributed by atoms with van der Waals surface area (Å²) in [6.45, 7) is 3.95. The van der Waals surface area contributed by atoms with Gasteiger partial charge in [-0.1, -0.05) is 72.3 Å². The van der Waals surface area contributed by atoms with Crippen LogP contribution in [0.4, 0.5) is 5.69 Å². The molecular formula is C24H24N3O+. The number of nitrogens with two attached hydrogens (primary N) is 1. The first-order valence-corrected chi connectivity index (χ1v) is 9.35. The average molecular weight is 370 g/mol. The molecule has 4 nitrogen and oxygen atoms in total. The van der Waals surface area contributed by atoms with Crippen LogP contribution in [0.2, 0.25) is 0 Å². The van der Waals surface area contributed by atoms with Gasteiger partial charge in [-0.15, -0.1) is 0 Å². The Bertz CT molecular complexity index is 975. The minimum absolute atomic E-state index is 0.00811. The molecule has 0 spiro atoms. The summed E-state index contributed by atoms with van der Waals surface area (Å²) in [6.07, 6.45) is 0. The van der Waals surface area contributed by atoms with Crippen LogP contribution in [0.25, 0.3) is 0 Å². The molecule has 4 heteroatoms. The summed E-state index contributed by atoms with van der Waals surface area (Å²) in [5.74, 6) is -0.129. The van der Waals surface area contributed by atoms with Crippen molar-refractivity contribution in [2.45, 2.75) is 25.9 Å². The molecule has 0 aliphatic rings. The summed E-state index contributed by atoms with van der Waals surface area (Å²) in [5, 5.41) is 14.2. The largest absolute Gasteiger partial charge is 0.326 e. The monoisotopic (exact) mass is 370 g/mol. The molecule has 0 aliphatic carbocycles. The first-order chi connectivity index (χ1) is 13.6. The van der Waals surface area contributed by atoms with E-state index in [-0.39, 0.29) is 18.0 Å². The van der Waals surface area contributed by atoms with E-state index < -0.39 is 0 Å². The Labute approximate surface area is 165 Å². The molecule has 0 aromatic heterocycles. The predicted molar refractivity (Wildman–Crippen MR) is 111 cm³/mol. The van der Waals surface area contributed by atoms with Gasteiger partial charge in [-0.25, -0.2) is 0 Å². The summed E-state index contributed by atoms with van der Waals surface area (Å²) < 4.78 is 0. The fourth-order valence-electron chi connectivity index (χ4n) is 3.16. The van der Waals surface area contributed by atoms with Crippen LogP contribution >= 0.6 is 0 Å². The van der Waals surface area contributed by atoms with Crippen LogP contribution in [-0.2, 0) is 4.79 Å². The number of nitrogens with zero attached hydrogens (tertiary/aromatic N) is 1. The molecule has 0 saturated heterocycles. The van der Waals surface area contributed by atoms with E-state index in [0.717, 1.165) is 11.1 Å². The van der Waals surface area contributed by atoms with Gasteiger partial charge >= 0.3 is 0 Å². The van der Waals surface area contributed by atoms with Crippen molar-refractivity contribution in [3.8, 4) is 6.07 Å². The van der Waals surface area contributed by atoms with Crippen LogP contribution in [0, 0.1) is 18.3 Å². The van der Waals surface area contributed by atoms with E-state index in [1.54, 1.807) is 18.2 Å². The highest BCUT2D eigenvalue weighted by atomic mass is 16.2. The van der Waals surface area contributed by atoms with Crippen molar-refractivity contribution in [1.29, 1.82) is 5.26 Å². The lowest BCUT2D eigenvalue weighted by Gasteiger charge is -2.21. The smallest absolute Gasteiger partial charge is 0.282 e. The van der Waals surface area contributed by atoms with Crippen molar-refractivity contribution in [1.82, 2.24) is 0 Å². The fraction of sp³-hybridized carbons (Fsp3) is 0.167. The summed E-state index contributed by atoms with van der Waals surface area (Å²) in [4.78, 5) is 12.8. The Morgan fingerprint density at radius 3 is 2.21 bits per heavy atom. The highest BCUT2D eigenvalue weighted by Gasteiger charge is 2.25. The number of hydrogen-bond acceptors (Lipinski definition) is 2. The fourth-order valence-corrected chi connectivity index (χ4v) is 3.16. The van der Waals surface area contributed by atoms with Gasteiger partial charge in [-0.3, -0.25) is 4.79 Å².